The van der Waals surface area contributed by atoms with Gasteiger partial charge in [-0.05, 0) is 30.0 Å². The first-order valence-electron chi connectivity index (χ1n) is 6.03. The number of halogens is 1. The molecule has 0 saturated carbocycles. The van der Waals surface area contributed by atoms with E-state index in [4.69, 9.17) is 16.7 Å². The zero-order valence-corrected chi connectivity index (χ0v) is 11.1. The summed E-state index contributed by atoms with van der Waals surface area (Å²) in [4.78, 5) is 13.3. The van der Waals surface area contributed by atoms with E-state index < -0.39 is 0 Å². The van der Waals surface area contributed by atoms with Crippen molar-refractivity contribution in [2.24, 2.45) is 0 Å². The number of benzene rings is 1. The maximum atomic E-state index is 11.9. The molecule has 1 aromatic rings. The van der Waals surface area contributed by atoms with Crippen molar-refractivity contribution < 1.29 is 9.90 Å². The molecule has 1 aliphatic carbocycles. The average Bonchev–Trinajstić information content (AvgIpc) is 2.74. The molecule has 18 heavy (non-hydrogen) atoms. The van der Waals surface area contributed by atoms with Crippen LogP contribution in [0.5, 0.6) is 0 Å². The molecule has 2 N–H and O–H groups in total. The lowest BCUT2D eigenvalue weighted by molar-refractivity contribution is 0.187. The van der Waals surface area contributed by atoms with Crippen molar-refractivity contribution in [3.63, 3.8) is 0 Å². The van der Waals surface area contributed by atoms with Crippen molar-refractivity contribution in [2.45, 2.75) is 18.9 Å². The van der Waals surface area contributed by atoms with Gasteiger partial charge in [0.05, 0.1) is 12.6 Å². The largest absolute Gasteiger partial charge is 0.395 e. The van der Waals surface area contributed by atoms with Crippen LogP contribution in [0, 0.1) is 0 Å². The summed E-state index contributed by atoms with van der Waals surface area (Å²) in [5.74, 6) is 0. The van der Waals surface area contributed by atoms with Crippen LogP contribution in [-0.2, 0) is 6.42 Å². The van der Waals surface area contributed by atoms with Gasteiger partial charge in [-0.3, -0.25) is 0 Å². The highest BCUT2D eigenvalue weighted by Crippen LogP contribution is 2.35. The van der Waals surface area contributed by atoms with Gasteiger partial charge in [-0.15, -0.1) is 0 Å². The Morgan fingerprint density at radius 1 is 1.61 bits per heavy atom. The smallest absolute Gasteiger partial charge is 0.317 e. The second-order valence-corrected chi connectivity index (χ2v) is 4.90. The predicted molar refractivity (Wildman–Crippen MR) is 70.8 cm³/mol. The number of aliphatic hydroxyl groups excluding tert-OH is 1. The Balaban J connectivity index is 2.06. The SMILES string of the molecule is CN(CCO)C(=O)NC1CCc2c(Cl)cccc21. The number of carbonyl (C=O) groups is 1. The topological polar surface area (TPSA) is 52.6 Å². The molecule has 5 heteroatoms. The molecule has 0 fully saturated rings. The minimum Gasteiger partial charge on any atom is -0.395 e. The molecule has 98 valence electrons. The van der Waals surface area contributed by atoms with E-state index in [-0.39, 0.29) is 18.7 Å². The van der Waals surface area contributed by atoms with Crippen LogP contribution in [0.25, 0.3) is 0 Å². The van der Waals surface area contributed by atoms with Gasteiger partial charge in [0, 0.05) is 18.6 Å². The van der Waals surface area contributed by atoms with Crippen molar-refractivity contribution in [1.29, 1.82) is 0 Å². The van der Waals surface area contributed by atoms with Crippen molar-refractivity contribution in [1.82, 2.24) is 10.2 Å². The molecule has 1 aliphatic rings. The molecule has 2 amide bonds. The first-order chi connectivity index (χ1) is 8.63. The molecule has 1 atom stereocenters. The Labute approximate surface area is 112 Å². The van der Waals surface area contributed by atoms with Gasteiger partial charge in [-0.25, -0.2) is 4.79 Å². The number of hydrogen-bond acceptors (Lipinski definition) is 2. The van der Waals surface area contributed by atoms with E-state index in [2.05, 4.69) is 5.32 Å². The summed E-state index contributed by atoms with van der Waals surface area (Å²) < 4.78 is 0. The molecule has 1 aromatic carbocycles. The Kier molecular flexibility index (Phi) is 4.09. The van der Waals surface area contributed by atoms with Gasteiger partial charge in [0.2, 0.25) is 0 Å². The number of likely N-dealkylation sites (N-methyl/N-ethyl adjacent to an activating group) is 1. The molecule has 0 aliphatic heterocycles. The number of nitrogens with zero attached hydrogens (tertiary/aromatic N) is 1. The number of urea groups is 1. The fraction of sp³-hybridized carbons (Fsp3) is 0.462. The van der Waals surface area contributed by atoms with E-state index >= 15 is 0 Å². The molecule has 0 heterocycles. The zero-order chi connectivity index (χ0) is 13.1. The van der Waals surface area contributed by atoms with E-state index in [1.807, 2.05) is 18.2 Å². The molecular weight excluding hydrogens is 252 g/mol. The van der Waals surface area contributed by atoms with E-state index in [9.17, 15) is 4.79 Å². The second kappa shape index (κ2) is 5.59. The summed E-state index contributed by atoms with van der Waals surface area (Å²) in [6.45, 7) is 0.304. The van der Waals surface area contributed by atoms with E-state index in [0.29, 0.717) is 6.54 Å². The van der Waals surface area contributed by atoms with Gasteiger partial charge in [0.1, 0.15) is 0 Å². The van der Waals surface area contributed by atoms with Crippen LogP contribution < -0.4 is 5.32 Å². The monoisotopic (exact) mass is 268 g/mol. The van der Waals surface area contributed by atoms with Gasteiger partial charge >= 0.3 is 6.03 Å². The first-order valence-corrected chi connectivity index (χ1v) is 6.41. The number of rotatable bonds is 3. The van der Waals surface area contributed by atoms with Crippen LogP contribution in [0.2, 0.25) is 5.02 Å². The quantitative estimate of drug-likeness (QED) is 0.881. The van der Waals surface area contributed by atoms with Crippen LogP contribution in [0.4, 0.5) is 4.79 Å². The Morgan fingerprint density at radius 3 is 3.11 bits per heavy atom. The number of aliphatic hydroxyl groups is 1. The zero-order valence-electron chi connectivity index (χ0n) is 10.3. The van der Waals surface area contributed by atoms with Gasteiger partial charge in [0.15, 0.2) is 0 Å². The number of fused-ring (bicyclic) bond motifs is 1. The van der Waals surface area contributed by atoms with Crippen molar-refractivity contribution in [2.75, 3.05) is 20.2 Å². The minimum atomic E-state index is -0.165. The number of nitrogens with one attached hydrogen (secondary N) is 1. The predicted octanol–water partition coefficient (Wildman–Crippen LogP) is 1.96. The van der Waals surface area contributed by atoms with Crippen LogP contribution in [0.1, 0.15) is 23.6 Å². The summed E-state index contributed by atoms with van der Waals surface area (Å²) >= 11 is 6.13. The molecule has 0 bridgehead atoms. The summed E-state index contributed by atoms with van der Waals surface area (Å²) in [5.41, 5.74) is 2.24. The van der Waals surface area contributed by atoms with E-state index in [0.717, 1.165) is 29.0 Å². The molecule has 2 rings (SSSR count). The Morgan fingerprint density at radius 2 is 2.39 bits per heavy atom. The average molecular weight is 269 g/mol. The van der Waals surface area contributed by atoms with Crippen LogP contribution >= 0.6 is 11.6 Å². The first kappa shape index (κ1) is 13.2. The van der Waals surface area contributed by atoms with Gasteiger partial charge in [-0.1, -0.05) is 23.7 Å². The summed E-state index contributed by atoms with van der Waals surface area (Å²) in [6.07, 6.45) is 1.77. The third-order valence-corrected chi connectivity index (χ3v) is 3.65. The lowest BCUT2D eigenvalue weighted by Crippen LogP contribution is -2.40. The molecular formula is C13H17ClN2O2. The lowest BCUT2D eigenvalue weighted by atomic mass is 10.1. The van der Waals surface area contributed by atoms with Crippen molar-refractivity contribution >= 4 is 17.6 Å². The number of carbonyl (C=O) groups excluding carboxylic acids is 1. The minimum absolute atomic E-state index is 0.0207. The molecule has 1 unspecified atom stereocenters. The standard InChI is InChI=1S/C13H17ClN2O2/c1-16(7-8-17)13(18)15-12-6-5-9-10(12)3-2-4-11(9)14/h2-4,12,17H,5-8H2,1H3,(H,15,18). The summed E-state index contributed by atoms with van der Waals surface area (Å²) in [5, 5.41) is 12.5. The number of amides is 2. The van der Waals surface area contributed by atoms with Crippen LogP contribution in [-0.4, -0.2) is 36.2 Å². The molecule has 0 spiro atoms. The normalized spacial score (nSPS) is 17.4. The van der Waals surface area contributed by atoms with E-state index in [1.54, 1.807) is 7.05 Å². The van der Waals surface area contributed by atoms with Crippen LogP contribution in [0.3, 0.4) is 0 Å². The number of hydrogen-bond donors (Lipinski definition) is 2. The lowest BCUT2D eigenvalue weighted by Gasteiger charge is -2.20. The highest BCUT2D eigenvalue weighted by atomic mass is 35.5. The second-order valence-electron chi connectivity index (χ2n) is 4.49. The third kappa shape index (κ3) is 2.60. The summed E-state index contributed by atoms with van der Waals surface area (Å²) in [6, 6.07) is 5.64. The fourth-order valence-corrected chi connectivity index (χ4v) is 2.55. The van der Waals surface area contributed by atoms with Crippen LogP contribution in [0.15, 0.2) is 18.2 Å². The molecule has 0 saturated heterocycles. The molecule has 4 nitrogen and oxygen atoms in total. The highest BCUT2D eigenvalue weighted by molar-refractivity contribution is 6.31. The molecule has 0 radical (unpaired) electrons. The Hall–Kier alpha value is -1.26. The maximum Gasteiger partial charge on any atom is 0.317 e. The van der Waals surface area contributed by atoms with Crippen molar-refractivity contribution in [3.8, 4) is 0 Å². The van der Waals surface area contributed by atoms with E-state index in [1.165, 1.54) is 4.90 Å². The third-order valence-electron chi connectivity index (χ3n) is 3.29. The highest BCUT2D eigenvalue weighted by Gasteiger charge is 2.26. The Bertz CT molecular complexity index is 451. The fourth-order valence-electron chi connectivity index (χ4n) is 2.27. The summed E-state index contributed by atoms with van der Waals surface area (Å²) in [7, 11) is 1.67. The van der Waals surface area contributed by atoms with Gasteiger partial charge in [-0.2, -0.15) is 0 Å². The maximum absolute atomic E-state index is 11.9. The molecule has 0 aromatic heterocycles. The van der Waals surface area contributed by atoms with Gasteiger partial charge in [0.25, 0.3) is 0 Å². The van der Waals surface area contributed by atoms with Gasteiger partial charge < -0.3 is 15.3 Å². The van der Waals surface area contributed by atoms with Crippen molar-refractivity contribution in [3.05, 3.63) is 34.3 Å².